The highest BCUT2D eigenvalue weighted by Gasteiger charge is 2.09. The first-order valence-corrected chi connectivity index (χ1v) is 5.40. The molecule has 0 radical (unpaired) electrons. The first-order chi connectivity index (χ1) is 7.67. The van der Waals surface area contributed by atoms with Crippen LogP contribution in [0.15, 0.2) is 36.9 Å². The van der Waals surface area contributed by atoms with Gasteiger partial charge in [0.25, 0.3) is 0 Å². The summed E-state index contributed by atoms with van der Waals surface area (Å²) in [5, 5.41) is 18.5. The van der Waals surface area contributed by atoms with E-state index in [9.17, 15) is 5.11 Å². The second-order valence-electron chi connectivity index (χ2n) is 3.81. The minimum Gasteiger partial charge on any atom is -0.395 e. The molecule has 0 saturated carbocycles. The van der Waals surface area contributed by atoms with Gasteiger partial charge < -0.3 is 15.1 Å². The fourth-order valence-electron chi connectivity index (χ4n) is 1.50. The van der Waals surface area contributed by atoms with Gasteiger partial charge >= 0.3 is 0 Å². The fraction of sp³-hybridized carbons (Fsp3) is 0.385. The summed E-state index contributed by atoms with van der Waals surface area (Å²) in [5.74, 6) is 0. The van der Waals surface area contributed by atoms with Gasteiger partial charge in [0, 0.05) is 18.8 Å². The van der Waals surface area contributed by atoms with Crippen molar-refractivity contribution in [1.29, 1.82) is 0 Å². The highest BCUT2D eigenvalue weighted by molar-refractivity contribution is 5.47. The zero-order valence-corrected chi connectivity index (χ0v) is 9.63. The highest BCUT2D eigenvalue weighted by Crippen LogP contribution is 2.15. The van der Waals surface area contributed by atoms with Crippen LogP contribution < -0.4 is 4.90 Å². The predicted molar refractivity (Wildman–Crippen MR) is 66.7 cm³/mol. The zero-order chi connectivity index (χ0) is 12.0. The van der Waals surface area contributed by atoms with Gasteiger partial charge in [-0.25, -0.2) is 0 Å². The second kappa shape index (κ2) is 6.30. The molecule has 3 nitrogen and oxygen atoms in total. The predicted octanol–water partition coefficient (Wildman–Crippen LogP) is 1.34. The molecule has 0 aliphatic heterocycles. The van der Waals surface area contributed by atoms with E-state index in [-0.39, 0.29) is 6.61 Å². The van der Waals surface area contributed by atoms with E-state index in [0.29, 0.717) is 13.1 Å². The van der Waals surface area contributed by atoms with Crippen molar-refractivity contribution in [3.8, 4) is 0 Å². The van der Waals surface area contributed by atoms with Crippen molar-refractivity contribution in [1.82, 2.24) is 0 Å². The first kappa shape index (κ1) is 12.7. The van der Waals surface area contributed by atoms with Crippen molar-refractivity contribution >= 4 is 5.69 Å². The third-order valence-corrected chi connectivity index (χ3v) is 2.45. The van der Waals surface area contributed by atoms with E-state index in [4.69, 9.17) is 5.11 Å². The normalized spacial score (nSPS) is 12.2. The second-order valence-corrected chi connectivity index (χ2v) is 3.81. The minimum atomic E-state index is -0.576. The van der Waals surface area contributed by atoms with Gasteiger partial charge in [-0.15, -0.1) is 6.58 Å². The molecule has 2 N–H and O–H groups in total. The van der Waals surface area contributed by atoms with Crippen LogP contribution in [0.3, 0.4) is 0 Å². The molecule has 1 aromatic rings. The molecule has 0 fully saturated rings. The monoisotopic (exact) mass is 221 g/mol. The van der Waals surface area contributed by atoms with Crippen LogP contribution in [0.5, 0.6) is 0 Å². The fourth-order valence-corrected chi connectivity index (χ4v) is 1.50. The molecule has 0 aromatic heterocycles. The first-order valence-electron chi connectivity index (χ1n) is 5.40. The van der Waals surface area contributed by atoms with Crippen LogP contribution in [0.2, 0.25) is 0 Å². The third-order valence-electron chi connectivity index (χ3n) is 2.45. The number of rotatable bonds is 6. The van der Waals surface area contributed by atoms with E-state index in [1.807, 2.05) is 36.1 Å². The van der Waals surface area contributed by atoms with Crippen LogP contribution >= 0.6 is 0 Å². The number of nitrogens with zero attached hydrogens (tertiary/aromatic N) is 1. The molecule has 0 bridgehead atoms. The van der Waals surface area contributed by atoms with Crippen LogP contribution in [0.4, 0.5) is 5.69 Å². The maximum atomic E-state index is 9.53. The molecule has 1 rings (SSSR count). The SMILES string of the molecule is C=CC(O)CN(CCO)c1ccc(C)cc1. The molecule has 88 valence electrons. The lowest BCUT2D eigenvalue weighted by molar-refractivity contribution is 0.223. The Labute approximate surface area is 96.6 Å². The molecule has 3 heteroatoms. The van der Waals surface area contributed by atoms with E-state index in [2.05, 4.69) is 6.58 Å². The van der Waals surface area contributed by atoms with E-state index < -0.39 is 6.10 Å². The van der Waals surface area contributed by atoms with E-state index in [0.717, 1.165) is 5.69 Å². The largest absolute Gasteiger partial charge is 0.395 e. The lowest BCUT2D eigenvalue weighted by atomic mass is 10.2. The van der Waals surface area contributed by atoms with Crippen molar-refractivity contribution in [3.05, 3.63) is 42.5 Å². The van der Waals surface area contributed by atoms with Crippen LogP contribution in [0.25, 0.3) is 0 Å². The summed E-state index contributed by atoms with van der Waals surface area (Å²) in [5.41, 5.74) is 2.19. The maximum absolute atomic E-state index is 9.53. The quantitative estimate of drug-likeness (QED) is 0.712. The molecule has 0 heterocycles. The van der Waals surface area contributed by atoms with Gasteiger partial charge in [-0.3, -0.25) is 0 Å². The summed E-state index contributed by atoms with van der Waals surface area (Å²) in [6.45, 7) is 6.60. The van der Waals surface area contributed by atoms with Gasteiger partial charge in [0.2, 0.25) is 0 Å². The molecule has 0 aliphatic rings. The Morgan fingerprint density at radius 2 is 2.00 bits per heavy atom. The maximum Gasteiger partial charge on any atom is 0.0893 e. The Kier molecular flexibility index (Phi) is 5.02. The summed E-state index contributed by atoms with van der Waals surface area (Å²) in [6, 6.07) is 8.00. The van der Waals surface area contributed by atoms with Crippen LogP contribution in [-0.4, -0.2) is 36.0 Å². The number of anilines is 1. The molecule has 1 aromatic carbocycles. The average molecular weight is 221 g/mol. The van der Waals surface area contributed by atoms with Crippen LogP contribution in [0.1, 0.15) is 5.56 Å². The summed E-state index contributed by atoms with van der Waals surface area (Å²) >= 11 is 0. The van der Waals surface area contributed by atoms with E-state index in [1.54, 1.807) is 0 Å². The smallest absolute Gasteiger partial charge is 0.0893 e. The van der Waals surface area contributed by atoms with Crippen molar-refractivity contribution in [3.63, 3.8) is 0 Å². The highest BCUT2D eigenvalue weighted by atomic mass is 16.3. The van der Waals surface area contributed by atoms with Gasteiger partial charge in [-0.1, -0.05) is 23.8 Å². The zero-order valence-electron chi connectivity index (χ0n) is 9.63. The number of aliphatic hydroxyl groups is 2. The molecule has 16 heavy (non-hydrogen) atoms. The van der Waals surface area contributed by atoms with Gasteiger partial charge in [0.15, 0.2) is 0 Å². The topological polar surface area (TPSA) is 43.7 Å². The molecule has 0 saturated heterocycles. The standard InChI is InChI=1S/C13H19NO2/c1-3-13(16)10-14(8-9-15)12-6-4-11(2)5-7-12/h3-7,13,15-16H,1,8-10H2,2H3. The average Bonchev–Trinajstić information content (AvgIpc) is 2.29. The Morgan fingerprint density at radius 3 is 2.50 bits per heavy atom. The van der Waals surface area contributed by atoms with E-state index in [1.165, 1.54) is 11.6 Å². The molecular weight excluding hydrogens is 202 g/mol. The number of aryl methyl sites for hydroxylation is 1. The minimum absolute atomic E-state index is 0.0672. The van der Waals surface area contributed by atoms with Crippen molar-refractivity contribution in [2.75, 3.05) is 24.6 Å². The van der Waals surface area contributed by atoms with Gasteiger partial charge in [-0.05, 0) is 19.1 Å². The van der Waals surface area contributed by atoms with E-state index >= 15 is 0 Å². The van der Waals surface area contributed by atoms with Crippen molar-refractivity contribution < 1.29 is 10.2 Å². The third kappa shape index (κ3) is 3.68. The Bertz CT molecular complexity index is 321. The Balaban J connectivity index is 2.76. The molecule has 1 unspecified atom stereocenters. The Morgan fingerprint density at radius 1 is 1.38 bits per heavy atom. The number of hydrogen-bond donors (Lipinski definition) is 2. The summed E-state index contributed by atoms with van der Waals surface area (Å²) in [4.78, 5) is 1.94. The molecule has 0 aliphatic carbocycles. The number of benzene rings is 1. The Hall–Kier alpha value is -1.32. The number of aliphatic hydroxyl groups excluding tert-OH is 2. The summed E-state index contributed by atoms with van der Waals surface area (Å²) in [7, 11) is 0. The lowest BCUT2D eigenvalue weighted by Crippen LogP contribution is -2.33. The summed E-state index contributed by atoms with van der Waals surface area (Å²) in [6.07, 6.45) is 0.923. The molecule has 0 amide bonds. The lowest BCUT2D eigenvalue weighted by Gasteiger charge is -2.25. The van der Waals surface area contributed by atoms with Crippen molar-refractivity contribution in [2.45, 2.75) is 13.0 Å². The summed E-state index contributed by atoms with van der Waals surface area (Å²) < 4.78 is 0. The molecular formula is C13H19NO2. The van der Waals surface area contributed by atoms with Crippen molar-refractivity contribution in [2.24, 2.45) is 0 Å². The molecule has 1 atom stereocenters. The molecule has 0 spiro atoms. The number of hydrogen-bond acceptors (Lipinski definition) is 3. The van der Waals surface area contributed by atoms with Gasteiger partial charge in [-0.2, -0.15) is 0 Å². The van der Waals surface area contributed by atoms with Crippen LogP contribution in [0, 0.1) is 6.92 Å². The van der Waals surface area contributed by atoms with Gasteiger partial charge in [0.1, 0.15) is 0 Å². The van der Waals surface area contributed by atoms with Crippen LogP contribution in [-0.2, 0) is 0 Å². The van der Waals surface area contributed by atoms with Gasteiger partial charge in [0.05, 0.1) is 12.7 Å².